The lowest BCUT2D eigenvalue weighted by Gasteiger charge is -2.29. The van der Waals surface area contributed by atoms with Gasteiger partial charge in [0.05, 0.1) is 5.75 Å². The Hall–Kier alpha value is -2.62. The third-order valence-electron chi connectivity index (χ3n) is 5.84. The van der Waals surface area contributed by atoms with Crippen LogP contribution in [0.3, 0.4) is 0 Å². The lowest BCUT2D eigenvalue weighted by Crippen LogP contribution is -2.55. The molecule has 0 unspecified atom stereocenters. The number of carbonyl (C=O) groups excluding carboxylic acids is 3. The molecule has 0 saturated carbocycles. The Bertz CT molecular complexity index is 924. The van der Waals surface area contributed by atoms with Crippen LogP contribution >= 0.6 is 0 Å². The van der Waals surface area contributed by atoms with Crippen LogP contribution in [0.4, 0.5) is 0 Å². The number of carbonyl (C=O) groups is 3. The highest BCUT2D eigenvalue weighted by Gasteiger charge is 2.30. The molecule has 3 N–H and O–H groups in total. The molecule has 0 spiro atoms. The van der Waals surface area contributed by atoms with Crippen LogP contribution in [0.1, 0.15) is 71.3 Å². The number of hydrogen-bond acceptors (Lipinski definition) is 6. The molecule has 9 nitrogen and oxygen atoms in total. The summed E-state index contributed by atoms with van der Waals surface area (Å²) >= 11 is 0. The Morgan fingerprint density at radius 3 is 1.94 bits per heavy atom. The number of benzene rings is 1. The fraction of sp³-hybridized carbons (Fsp3) is 0.654. The molecule has 1 aromatic carbocycles. The average Bonchev–Trinajstić information content (AvgIpc) is 2.80. The second-order valence-corrected chi connectivity index (χ2v) is 11.6. The molecular formula is C26H43N3O6S. The summed E-state index contributed by atoms with van der Waals surface area (Å²) in [6.45, 7) is 6.55. The minimum absolute atomic E-state index is 0.0482. The van der Waals surface area contributed by atoms with Gasteiger partial charge in [0, 0.05) is 32.7 Å². The Balaban J connectivity index is 3.12. The van der Waals surface area contributed by atoms with Gasteiger partial charge in [-0.3, -0.25) is 14.4 Å². The topological polar surface area (TPSA) is 133 Å². The van der Waals surface area contributed by atoms with Crippen molar-refractivity contribution in [3.05, 3.63) is 29.8 Å². The van der Waals surface area contributed by atoms with Crippen molar-refractivity contribution in [2.24, 2.45) is 0 Å². The summed E-state index contributed by atoms with van der Waals surface area (Å²) in [5.41, 5.74) is 0.710. The van der Waals surface area contributed by atoms with E-state index in [0.29, 0.717) is 18.7 Å². The molecule has 36 heavy (non-hydrogen) atoms. The second kappa shape index (κ2) is 16.2. The Morgan fingerprint density at radius 1 is 0.917 bits per heavy atom. The minimum atomic E-state index is -3.36. The van der Waals surface area contributed by atoms with Gasteiger partial charge in [-0.15, -0.1) is 0 Å². The molecule has 0 radical (unpaired) electrons. The zero-order valence-electron chi connectivity index (χ0n) is 22.1. The summed E-state index contributed by atoms with van der Waals surface area (Å²) in [7, 11) is -3.36. The number of nitrogens with one attached hydrogen (secondary N) is 2. The summed E-state index contributed by atoms with van der Waals surface area (Å²) in [5, 5.41) is 14.9. The van der Waals surface area contributed by atoms with Crippen molar-refractivity contribution < 1.29 is 27.9 Å². The van der Waals surface area contributed by atoms with Crippen molar-refractivity contribution >= 4 is 27.6 Å². The van der Waals surface area contributed by atoms with Gasteiger partial charge in [0.2, 0.25) is 17.7 Å². The van der Waals surface area contributed by atoms with Crippen LogP contribution in [-0.2, 0) is 30.6 Å². The molecule has 1 rings (SSSR count). The fourth-order valence-electron chi connectivity index (χ4n) is 3.84. The highest BCUT2D eigenvalue weighted by atomic mass is 32.2. The quantitative estimate of drug-likeness (QED) is 0.268. The SMILES string of the molecule is CCCCCN(CCCCC)C(=O)[C@H](CCS(C)(=O)=O)NC(=O)[C@H](Cc1ccc(O)cc1)NC(C)=O. The monoisotopic (exact) mass is 525 g/mol. The van der Waals surface area contributed by atoms with E-state index in [2.05, 4.69) is 24.5 Å². The number of amides is 3. The summed E-state index contributed by atoms with van der Waals surface area (Å²) in [6.07, 6.45) is 6.80. The van der Waals surface area contributed by atoms with Crippen LogP contribution in [0.15, 0.2) is 24.3 Å². The zero-order valence-corrected chi connectivity index (χ0v) is 22.9. The molecule has 0 aliphatic heterocycles. The lowest BCUT2D eigenvalue weighted by atomic mass is 10.0. The minimum Gasteiger partial charge on any atom is -0.508 e. The van der Waals surface area contributed by atoms with Gasteiger partial charge >= 0.3 is 0 Å². The number of phenolic OH excluding ortho intramolecular Hbond substituents is 1. The van der Waals surface area contributed by atoms with Gasteiger partial charge in [0.25, 0.3) is 0 Å². The van der Waals surface area contributed by atoms with Crippen molar-refractivity contribution in [1.82, 2.24) is 15.5 Å². The van der Waals surface area contributed by atoms with Gasteiger partial charge < -0.3 is 20.6 Å². The van der Waals surface area contributed by atoms with E-state index >= 15 is 0 Å². The normalized spacial score (nSPS) is 13.0. The van der Waals surface area contributed by atoms with Crippen LogP contribution in [0.5, 0.6) is 5.75 Å². The Labute approximate surface area is 215 Å². The smallest absolute Gasteiger partial charge is 0.245 e. The molecule has 0 aliphatic rings. The lowest BCUT2D eigenvalue weighted by molar-refractivity contribution is -0.137. The molecular weight excluding hydrogens is 482 g/mol. The molecule has 3 amide bonds. The summed E-state index contributed by atoms with van der Waals surface area (Å²) < 4.78 is 23.7. The molecule has 0 saturated heterocycles. The molecule has 0 heterocycles. The number of nitrogens with zero attached hydrogens (tertiary/aromatic N) is 1. The van der Waals surface area contributed by atoms with Gasteiger partial charge in [0.1, 0.15) is 27.7 Å². The van der Waals surface area contributed by atoms with Gasteiger partial charge in [-0.25, -0.2) is 8.42 Å². The number of hydrogen-bond donors (Lipinski definition) is 3. The zero-order chi connectivity index (χ0) is 27.1. The number of unbranched alkanes of at least 4 members (excludes halogenated alkanes) is 4. The predicted octanol–water partition coefficient (Wildman–Crippen LogP) is 2.57. The van der Waals surface area contributed by atoms with Crippen LogP contribution in [0, 0.1) is 0 Å². The maximum Gasteiger partial charge on any atom is 0.245 e. The van der Waals surface area contributed by atoms with Crippen molar-refractivity contribution in [1.29, 1.82) is 0 Å². The molecule has 0 aromatic heterocycles. The standard InChI is InChI=1S/C26H43N3O6S/c1-5-7-9-16-29(17-10-8-6-2)26(33)23(15-18-36(4,34)35)28-25(32)24(27-20(3)30)19-21-11-13-22(31)14-12-21/h11-14,23-24,31H,5-10,15-19H2,1-4H3,(H,27,30)(H,28,32)/t23-,24-/m0/s1. The maximum absolute atomic E-state index is 13.5. The van der Waals surface area contributed by atoms with E-state index in [1.807, 2.05) is 0 Å². The molecule has 2 atom stereocenters. The summed E-state index contributed by atoms with van der Waals surface area (Å²) in [5.74, 6) is -1.44. The molecule has 0 aliphatic carbocycles. The van der Waals surface area contributed by atoms with Crippen molar-refractivity contribution in [2.75, 3.05) is 25.1 Å². The van der Waals surface area contributed by atoms with Gasteiger partial charge in [-0.2, -0.15) is 0 Å². The van der Waals surface area contributed by atoms with E-state index < -0.39 is 33.7 Å². The Morgan fingerprint density at radius 2 is 1.47 bits per heavy atom. The van der Waals surface area contributed by atoms with Gasteiger partial charge in [-0.1, -0.05) is 51.7 Å². The van der Waals surface area contributed by atoms with Crippen LogP contribution in [0.2, 0.25) is 0 Å². The molecule has 10 heteroatoms. The molecule has 0 bridgehead atoms. The number of sulfone groups is 1. The first-order valence-electron chi connectivity index (χ1n) is 12.8. The highest BCUT2D eigenvalue weighted by molar-refractivity contribution is 7.90. The van der Waals surface area contributed by atoms with Crippen molar-refractivity contribution in [3.63, 3.8) is 0 Å². The summed E-state index contributed by atoms with van der Waals surface area (Å²) in [6, 6.07) is 4.28. The number of phenols is 1. The average molecular weight is 526 g/mol. The number of aromatic hydroxyl groups is 1. The highest BCUT2D eigenvalue weighted by Crippen LogP contribution is 2.13. The van der Waals surface area contributed by atoms with Gasteiger partial charge in [-0.05, 0) is 37.0 Å². The molecule has 204 valence electrons. The van der Waals surface area contributed by atoms with Crippen LogP contribution in [0.25, 0.3) is 0 Å². The maximum atomic E-state index is 13.5. The van der Waals surface area contributed by atoms with Crippen molar-refractivity contribution in [3.8, 4) is 5.75 Å². The van der Waals surface area contributed by atoms with E-state index in [-0.39, 0.29) is 30.3 Å². The molecule has 0 fully saturated rings. The first-order valence-corrected chi connectivity index (χ1v) is 14.8. The van der Waals surface area contributed by atoms with E-state index in [4.69, 9.17) is 0 Å². The summed E-state index contributed by atoms with van der Waals surface area (Å²) in [4.78, 5) is 40.3. The third-order valence-corrected chi connectivity index (χ3v) is 6.81. The largest absolute Gasteiger partial charge is 0.508 e. The van der Waals surface area contributed by atoms with E-state index in [0.717, 1.165) is 44.8 Å². The fourth-order valence-corrected chi connectivity index (χ4v) is 4.51. The number of rotatable bonds is 17. The van der Waals surface area contributed by atoms with Crippen LogP contribution < -0.4 is 10.6 Å². The van der Waals surface area contributed by atoms with E-state index in [9.17, 15) is 27.9 Å². The Kier molecular flexibility index (Phi) is 14.1. The van der Waals surface area contributed by atoms with Crippen molar-refractivity contribution in [2.45, 2.75) is 84.2 Å². The van der Waals surface area contributed by atoms with Crippen LogP contribution in [-0.4, -0.2) is 73.3 Å². The van der Waals surface area contributed by atoms with Gasteiger partial charge in [0.15, 0.2) is 0 Å². The van der Waals surface area contributed by atoms with E-state index in [1.165, 1.54) is 19.1 Å². The second-order valence-electron chi connectivity index (χ2n) is 9.34. The first kappa shape index (κ1) is 31.4. The molecule has 1 aromatic rings. The van der Waals surface area contributed by atoms with E-state index in [1.54, 1.807) is 17.0 Å². The third kappa shape index (κ3) is 12.9. The predicted molar refractivity (Wildman–Crippen MR) is 141 cm³/mol. The first-order chi connectivity index (χ1) is 17.0.